The first-order chi connectivity index (χ1) is 13.5. The van der Waals surface area contributed by atoms with Crippen LogP contribution in [0.5, 0.6) is 11.5 Å². The molecule has 0 atom stereocenters. The Morgan fingerprint density at radius 3 is 2.00 bits per heavy atom. The minimum Gasteiger partial charge on any atom is -0.457 e. The average molecular weight is 390 g/mol. The molecule has 1 heterocycles. The average Bonchev–Trinajstić information content (AvgIpc) is 2.93. The highest BCUT2D eigenvalue weighted by atomic mass is 35.5. The number of anilines is 1. The molecule has 2 amide bonds. The number of hydrogen-bond acceptors (Lipinski definition) is 3. The number of amides is 2. The van der Waals surface area contributed by atoms with Gasteiger partial charge in [0.05, 0.1) is 11.3 Å². The molecule has 0 saturated heterocycles. The van der Waals surface area contributed by atoms with E-state index in [1.165, 1.54) is 0 Å². The van der Waals surface area contributed by atoms with E-state index in [4.69, 9.17) is 16.3 Å². The highest BCUT2D eigenvalue weighted by molar-refractivity contribution is 6.60. The van der Waals surface area contributed by atoms with E-state index in [0.717, 1.165) is 10.5 Å². The maximum Gasteiger partial charge on any atom is 0.277 e. The highest BCUT2D eigenvalue weighted by Gasteiger charge is 2.39. The first-order valence-electron chi connectivity index (χ1n) is 8.73. The van der Waals surface area contributed by atoms with Crippen molar-refractivity contribution in [3.05, 3.63) is 95.0 Å². The van der Waals surface area contributed by atoms with E-state index in [0.29, 0.717) is 22.7 Å². The lowest BCUT2D eigenvalue weighted by Gasteiger charge is -2.15. The normalized spacial score (nSPS) is 14.0. The van der Waals surface area contributed by atoms with E-state index < -0.39 is 11.8 Å². The second kappa shape index (κ2) is 7.33. The second-order valence-electron chi connectivity index (χ2n) is 6.41. The van der Waals surface area contributed by atoms with Crippen LogP contribution in [0, 0.1) is 6.92 Å². The molecule has 0 radical (unpaired) electrons. The van der Waals surface area contributed by atoms with Gasteiger partial charge in [-0.2, -0.15) is 0 Å². The van der Waals surface area contributed by atoms with Crippen molar-refractivity contribution in [2.75, 3.05) is 4.90 Å². The summed E-state index contributed by atoms with van der Waals surface area (Å²) in [6.45, 7) is 1.95. The van der Waals surface area contributed by atoms with Crippen LogP contribution in [0.2, 0.25) is 0 Å². The van der Waals surface area contributed by atoms with Crippen molar-refractivity contribution < 1.29 is 14.3 Å². The molecule has 0 spiro atoms. The van der Waals surface area contributed by atoms with Gasteiger partial charge in [-0.3, -0.25) is 9.59 Å². The Kier molecular flexibility index (Phi) is 4.72. The fourth-order valence-corrected chi connectivity index (χ4v) is 3.27. The number of nitrogens with zero attached hydrogens (tertiary/aromatic N) is 1. The number of para-hydroxylation sites is 1. The Morgan fingerprint density at radius 1 is 0.750 bits per heavy atom. The van der Waals surface area contributed by atoms with Crippen LogP contribution < -0.4 is 9.64 Å². The number of halogens is 1. The third kappa shape index (κ3) is 3.30. The topological polar surface area (TPSA) is 46.6 Å². The van der Waals surface area contributed by atoms with Crippen molar-refractivity contribution in [2.24, 2.45) is 0 Å². The van der Waals surface area contributed by atoms with Gasteiger partial charge in [0.25, 0.3) is 11.8 Å². The van der Waals surface area contributed by atoms with E-state index >= 15 is 0 Å². The fraction of sp³-hybridized carbons (Fsp3) is 0.0435. The molecule has 1 aliphatic rings. The Morgan fingerprint density at radius 2 is 1.36 bits per heavy atom. The van der Waals surface area contributed by atoms with Crippen molar-refractivity contribution in [2.45, 2.75) is 6.92 Å². The molecular formula is C23H16ClNO3. The van der Waals surface area contributed by atoms with Gasteiger partial charge in [0.15, 0.2) is 0 Å². The maximum atomic E-state index is 12.9. The zero-order valence-corrected chi connectivity index (χ0v) is 15.8. The number of imide groups is 1. The van der Waals surface area contributed by atoms with Gasteiger partial charge in [0.1, 0.15) is 16.5 Å². The number of carbonyl (C=O) groups excluding carboxylic acids is 2. The van der Waals surface area contributed by atoms with E-state index in [2.05, 4.69) is 0 Å². The molecule has 28 heavy (non-hydrogen) atoms. The first kappa shape index (κ1) is 18.0. The third-order valence-corrected chi connectivity index (χ3v) is 4.79. The largest absolute Gasteiger partial charge is 0.457 e. The van der Waals surface area contributed by atoms with Crippen molar-refractivity contribution in [3.8, 4) is 11.5 Å². The Hall–Kier alpha value is -3.37. The van der Waals surface area contributed by atoms with Gasteiger partial charge < -0.3 is 4.74 Å². The van der Waals surface area contributed by atoms with Gasteiger partial charge in [-0.05, 0) is 48.9 Å². The lowest BCUT2D eigenvalue weighted by molar-refractivity contribution is -0.119. The van der Waals surface area contributed by atoms with Crippen molar-refractivity contribution in [3.63, 3.8) is 0 Å². The molecule has 0 fully saturated rings. The summed E-state index contributed by atoms with van der Waals surface area (Å²) < 4.78 is 5.75. The molecule has 138 valence electrons. The lowest BCUT2D eigenvalue weighted by Crippen LogP contribution is -2.31. The van der Waals surface area contributed by atoms with Crippen LogP contribution >= 0.6 is 11.6 Å². The molecule has 4 rings (SSSR count). The monoisotopic (exact) mass is 389 g/mol. The van der Waals surface area contributed by atoms with Gasteiger partial charge in [0, 0.05) is 0 Å². The minimum absolute atomic E-state index is 0.0709. The van der Waals surface area contributed by atoms with Gasteiger partial charge in [-0.15, -0.1) is 0 Å². The summed E-state index contributed by atoms with van der Waals surface area (Å²) in [4.78, 5) is 26.6. The van der Waals surface area contributed by atoms with Crippen LogP contribution in [0.1, 0.15) is 11.1 Å². The summed E-state index contributed by atoms with van der Waals surface area (Å²) in [6, 6.07) is 23.4. The van der Waals surface area contributed by atoms with Crippen LogP contribution in [0.3, 0.4) is 0 Å². The number of hydrogen-bond donors (Lipinski definition) is 0. The molecule has 5 heteroatoms. The van der Waals surface area contributed by atoms with E-state index in [1.807, 2.05) is 49.4 Å². The molecule has 0 unspecified atom stereocenters. The number of rotatable bonds is 4. The zero-order valence-electron chi connectivity index (χ0n) is 15.1. The van der Waals surface area contributed by atoms with E-state index in [-0.39, 0.29) is 10.6 Å². The summed E-state index contributed by atoms with van der Waals surface area (Å²) in [5, 5.41) is -0.0709. The van der Waals surface area contributed by atoms with Crippen molar-refractivity contribution in [1.82, 2.24) is 0 Å². The van der Waals surface area contributed by atoms with E-state index in [1.54, 1.807) is 36.4 Å². The smallest absolute Gasteiger partial charge is 0.277 e. The molecular weight excluding hydrogens is 374 g/mol. The molecule has 0 saturated carbocycles. The van der Waals surface area contributed by atoms with Gasteiger partial charge in [-0.25, -0.2) is 4.90 Å². The van der Waals surface area contributed by atoms with Crippen molar-refractivity contribution >= 4 is 34.7 Å². The molecule has 4 nitrogen and oxygen atoms in total. The summed E-state index contributed by atoms with van der Waals surface area (Å²) in [6.07, 6.45) is 0. The molecule has 0 aromatic heterocycles. The summed E-state index contributed by atoms with van der Waals surface area (Å²) >= 11 is 6.22. The Labute approximate surface area is 167 Å². The second-order valence-corrected chi connectivity index (χ2v) is 6.79. The van der Waals surface area contributed by atoms with Crippen molar-refractivity contribution in [1.29, 1.82) is 0 Å². The van der Waals surface area contributed by atoms with Crippen LogP contribution in [0.4, 0.5) is 5.69 Å². The highest BCUT2D eigenvalue weighted by Crippen LogP contribution is 2.35. The first-order valence-corrected chi connectivity index (χ1v) is 9.11. The predicted molar refractivity (Wildman–Crippen MR) is 109 cm³/mol. The summed E-state index contributed by atoms with van der Waals surface area (Å²) in [5.41, 5.74) is 2.34. The van der Waals surface area contributed by atoms with Crippen LogP contribution in [-0.4, -0.2) is 11.8 Å². The van der Waals surface area contributed by atoms with Crippen LogP contribution in [0.25, 0.3) is 5.57 Å². The fourth-order valence-electron chi connectivity index (χ4n) is 3.00. The Balaban J connectivity index is 1.59. The number of carbonyl (C=O) groups is 2. The maximum absolute atomic E-state index is 12.9. The van der Waals surface area contributed by atoms with Gasteiger partial charge in [-0.1, -0.05) is 59.6 Å². The van der Waals surface area contributed by atoms with Gasteiger partial charge in [0.2, 0.25) is 0 Å². The number of benzene rings is 3. The zero-order chi connectivity index (χ0) is 19.7. The molecule has 0 aliphatic carbocycles. The lowest BCUT2D eigenvalue weighted by atomic mass is 10.0. The molecule has 1 aliphatic heterocycles. The molecule has 3 aromatic rings. The minimum atomic E-state index is -0.529. The van der Waals surface area contributed by atoms with Crippen LogP contribution in [0.15, 0.2) is 83.9 Å². The van der Waals surface area contributed by atoms with E-state index in [9.17, 15) is 9.59 Å². The molecule has 0 bridgehead atoms. The predicted octanol–water partition coefficient (Wildman–Crippen LogP) is 5.31. The van der Waals surface area contributed by atoms with Crippen LogP contribution in [-0.2, 0) is 9.59 Å². The standard InChI is InChI=1S/C23H16ClNO3/c1-15-7-9-16(10-8-15)20-21(24)23(27)25(22(20)26)17-11-13-19(14-12-17)28-18-5-3-2-4-6-18/h2-14H,1H3. The quantitative estimate of drug-likeness (QED) is 0.568. The Bertz CT molecular complexity index is 1070. The SMILES string of the molecule is Cc1ccc(C2=C(Cl)C(=O)N(c3ccc(Oc4ccccc4)cc3)C2=O)cc1. The third-order valence-electron chi connectivity index (χ3n) is 4.44. The molecule has 0 N–H and O–H groups in total. The summed E-state index contributed by atoms with van der Waals surface area (Å²) in [7, 11) is 0. The summed E-state index contributed by atoms with van der Waals surface area (Å²) in [5.74, 6) is 0.344. The van der Waals surface area contributed by atoms with Gasteiger partial charge >= 0.3 is 0 Å². The number of aryl methyl sites for hydroxylation is 1. The number of ether oxygens (including phenoxy) is 1. The molecule has 3 aromatic carbocycles.